The average Bonchev–Trinajstić information content (AvgIpc) is 2.78. The lowest BCUT2D eigenvalue weighted by atomic mass is 9.88. The molecule has 0 spiro atoms. The van der Waals surface area contributed by atoms with Crippen molar-refractivity contribution in [1.82, 2.24) is 4.90 Å². The summed E-state index contributed by atoms with van der Waals surface area (Å²) < 4.78 is 11.3. The molecule has 0 heterocycles. The molecule has 0 fully saturated rings. The highest BCUT2D eigenvalue weighted by atomic mass is 16.5. The molecule has 30 heavy (non-hydrogen) atoms. The third kappa shape index (κ3) is 6.06. The molecule has 3 aromatic rings. The predicted octanol–water partition coefficient (Wildman–Crippen LogP) is 5.62. The number of benzene rings is 3. The molecule has 3 nitrogen and oxygen atoms in total. The molecule has 3 heteroatoms. The summed E-state index contributed by atoms with van der Waals surface area (Å²) >= 11 is 0. The van der Waals surface area contributed by atoms with Crippen LogP contribution in [0.4, 0.5) is 0 Å². The van der Waals surface area contributed by atoms with Crippen LogP contribution in [0.2, 0.25) is 0 Å². The molecule has 0 aliphatic carbocycles. The Bertz CT molecular complexity index is 916. The summed E-state index contributed by atoms with van der Waals surface area (Å²) in [6.07, 6.45) is 0.839. The van der Waals surface area contributed by atoms with Gasteiger partial charge in [-0.05, 0) is 60.5 Å². The van der Waals surface area contributed by atoms with E-state index in [0.29, 0.717) is 13.2 Å². The number of hydrogen-bond donors (Lipinski definition) is 0. The monoisotopic (exact) mass is 401 g/mol. The summed E-state index contributed by atoms with van der Waals surface area (Å²) in [5.41, 5.74) is 6.12. The lowest BCUT2D eigenvalue weighted by Gasteiger charge is -2.18. The molecule has 0 unspecified atom stereocenters. The van der Waals surface area contributed by atoms with Gasteiger partial charge < -0.3 is 14.4 Å². The second-order valence-electron chi connectivity index (χ2n) is 7.50. The molecule has 0 atom stereocenters. The second kappa shape index (κ2) is 11.3. The van der Waals surface area contributed by atoms with Gasteiger partial charge in [-0.2, -0.15) is 0 Å². The molecule has 0 aromatic heterocycles. The van der Waals surface area contributed by atoms with Crippen molar-refractivity contribution in [1.29, 1.82) is 0 Å². The number of likely N-dealkylation sites (N-methyl/N-ethyl adjacent to an activating group) is 1. The first kappa shape index (κ1) is 21.8. The Morgan fingerprint density at radius 3 is 1.83 bits per heavy atom. The van der Waals surface area contributed by atoms with E-state index in [1.165, 1.54) is 27.8 Å². The first-order valence-electron chi connectivity index (χ1n) is 10.4. The third-order valence-corrected chi connectivity index (χ3v) is 4.99. The molecule has 0 radical (unpaired) electrons. The first-order valence-corrected chi connectivity index (χ1v) is 10.4. The summed E-state index contributed by atoms with van der Waals surface area (Å²) in [4.78, 5) is 2.12. The van der Waals surface area contributed by atoms with Gasteiger partial charge in [0.1, 0.15) is 12.4 Å². The topological polar surface area (TPSA) is 21.7 Å². The summed E-state index contributed by atoms with van der Waals surface area (Å²) in [5.74, 6) is 0.895. The van der Waals surface area contributed by atoms with Gasteiger partial charge >= 0.3 is 0 Å². The Labute approximate surface area is 180 Å². The number of nitrogens with zero attached hydrogens (tertiary/aromatic N) is 1. The van der Waals surface area contributed by atoms with Gasteiger partial charge in [-0.1, -0.05) is 72.8 Å². The lowest BCUT2D eigenvalue weighted by molar-refractivity contribution is 0.206. The minimum absolute atomic E-state index is 0.673. The van der Waals surface area contributed by atoms with Crippen LogP contribution in [0.5, 0.6) is 5.75 Å². The molecule has 0 aliphatic heterocycles. The van der Waals surface area contributed by atoms with E-state index in [2.05, 4.69) is 104 Å². The average molecular weight is 402 g/mol. The van der Waals surface area contributed by atoms with Gasteiger partial charge in [0.05, 0.1) is 6.61 Å². The smallest absolute Gasteiger partial charge is 0.119 e. The SMILES string of the molecule is COCC/C(=C(\c1ccccc1)c1ccc(OCCN(C)C)cc1)c1ccccc1. The highest BCUT2D eigenvalue weighted by molar-refractivity contribution is 5.98. The van der Waals surface area contributed by atoms with Crippen LogP contribution >= 0.6 is 0 Å². The van der Waals surface area contributed by atoms with Crippen molar-refractivity contribution in [2.45, 2.75) is 6.42 Å². The molecule has 0 bridgehead atoms. The van der Waals surface area contributed by atoms with Crippen LogP contribution in [-0.2, 0) is 4.74 Å². The maximum absolute atomic E-state index is 5.89. The highest BCUT2D eigenvalue weighted by Crippen LogP contribution is 2.35. The van der Waals surface area contributed by atoms with E-state index in [1.807, 2.05) is 0 Å². The van der Waals surface area contributed by atoms with E-state index in [0.717, 1.165) is 18.7 Å². The molecule has 0 saturated heterocycles. The van der Waals surface area contributed by atoms with Crippen LogP contribution in [0.3, 0.4) is 0 Å². The zero-order chi connectivity index (χ0) is 21.2. The highest BCUT2D eigenvalue weighted by Gasteiger charge is 2.14. The van der Waals surface area contributed by atoms with Gasteiger partial charge in [-0.25, -0.2) is 0 Å². The summed E-state index contributed by atoms with van der Waals surface area (Å²) in [5, 5.41) is 0. The van der Waals surface area contributed by atoms with Crippen LogP contribution in [0, 0.1) is 0 Å². The molecular formula is C27H31NO2. The van der Waals surface area contributed by atoms with Crippen molar-refractivity contribution in [2.75, 3.05) is 41.0 Å². The fraction of sp³-hybridized carbons (Fsp3) is 0.259. The van der Waals surface area contributed by atoms with Gasteiger partial charge in [0.15, 0.2) is 0 Å². The van der Waals surface area contributed by atoms with E-state index < -0.39 is 0 Å². The Morgan fingerprint density at radius 1 is 0.700 bits per heavy atom. The van der Waals surface area contributed by atoms with E-state index in [9.17, 15) is 0 Å². The Morgan fingerprint density at radius 2 is 1.27 bits per heavy atom. The quantitative estimate of drug-likeness (QED) is 0.411. The van der Waals surface area contributed by atoms with Crippen molar-refractivity contribution in [3.63, 3.8) is 0 Å². The molecule has 156 valence electrons. The summed E-state index contributed by atoms with van der Waals surface area (Å²) in [7, 11) is 5.85. The maximum atomic E-state index is 5.89. The number of hydrogen-bond acceptors (Lipinski definition) is 3. The van der Waals surface area contributed by atoms with Gasteiger partial charge in [-0.15, -0.1) is 0 Å². The largest absolute Gasteiger partial charge is 0.492 e. The fourth-order valence-corrected chi connectivity index (χ4v) is 3.44. The van der Waals surface area contributed by atoms with Crippen LogP contribution in [0.1, 0.15) is 23.1 Å². The van der Waals surface area contributed by atoms with Crippen LogP contribution in [0.15, 0.2) is 84.9 Å². The van der Waals surface area contributed by atoms with Gasteiger partial charge in [-0.3, -0.25) is 0 Å². The van der Waals surface area contributed by atoms with Crippen molar-refractivity contribution in [3.05, 3.63) is 102 Å². The van der Waals surface area contributed by atoms with E-state index in [1.54, 1.807) is 7.11 Å². The number of rotatable bonds is 10. The normalized spacial score (nSPS) is 12.0. The van der Waals surface area contributed by atoms with E-state index >= 15 is 0 Å². The molecule has 3 rings (SSSR count). The van der Waals surface area contributed by atoms with Gasteiger partial charge in [0.25, 0.3) is 0 Å². The first-order chi connectivity index (χ1) is 14.7. The van der Waals surface area contributed by atoms with E-state index in [-0.39, 0.29) is 0 Å². The van der Waals surface area contributed by atoms with Crippen LogP contribution in [0.25, 0.3) is 11.1 Å². The Kier molecular flexibility index (Phi) is 8.25. The molecule has 0 N–H and O–H groups in total. The van der Waals surface area contributed by atoms with Crippen molar-refractivity contribution >= 4 is 11.1 Å². The van der Waals surface area contributed by atoms with Crippen LogP contribution in [-0.4, -0.2) is 45.9 Å². The molecule has 3 aromatic carbocycles. The Hall–Kier alpha value is -2.88. The minimum atomic E-state index is 0.673. The fourth-order valence-electron chi connectivity index (χ4n) is 3.44. The second-order valence-corrected chi connectivity index (χ2v) is 7.50. The van der Waals surface area contributed by atoms with Crippen molar-refractivity contribution in [3.8, 4) is 5.75 Å². The van der Waals surface area contributed by atoms with Crippen molar-refractivity contribution < 1.29 is 9.47 Å². The zero-order valence-corrected chi connectivity index (χ0v) is 18.2. The number of ether oxygens (including phenoxy) is 2. The van der Waals surface area contributed by atoms with Gasteiger partial charge in [0, 0.05) is 13.7 Å². The standard InChI is InChI=1S/C27H31NO2/c1-28(2)19-21-30-25-16-14-24(15-17-25)27(23-12-8-5-9-13-23)26(18-20-29-3)22-10-6-4-7-11-22/h4-17H,18-21H2,1-3H3/b27-26-. The third-order valence-electron chi connectivity index (χ3n) is 4.99. The van der Waals surface area contributed by atoms with Gasteiger partial charge in [0.2, 0.25) is 0 Å². The molecular weight excluding hydrogens is 370 g/mol. The molecule has 0 saturated carbocycles. The Balaban J connectivity index is 2.03. The maximum Gasteiger partial charge on any atom is 0.119 e. The molecule has 0 aliphatic rings. The van der Waals surface area contributed by atoms with E-state index in [4.69, 9.17) is 9.47 Å². The zero-order valence-electron chi connectivity index (χ0n) is 18.2. The summed E-state index contributed by atoms with van der Waals surface area (Å²) in [6, 6.07) is 29.6. The lowest BCUT2D eigenvalue weighted by Crippen LogP contribution is -2.19. The number of methoxy groups -OCH3 is 1. The van der Waals surface area contributed by atoms with Crippen LogP contribution < -0.4 is 4.74 Å². The summed E-state index contributed by atoms with van der Waals surface area (Å²) in [6.45, 7) is 2.25. The minimum Gasteiger partial charge on any atom is -0.492 e. The van der Waals surface area contributed by atoms with Crippen molar-refractivity contribution in [2.24, 2.45) is 0 Å². The predicted molar refractivity (Wildman–Crippen MR) is 126 cm³/mol. The molecule has 0 amide bonds.